The summed E-state index contributed by atoms with van der Waals surface area (Å²) in [5.41, 5.74) is 1.60. The minimum absolute atomic E-state index is 0.0145. The first kappa shape index (κ1) is 19.6. The van der Waals surface area contributed by atoms with Gasteiger partial charge >= 0.3 is 0 Å². The molecule has 3 aliphatic heterocycles. The summed E-state index contributed by atoms with van der Waals surface area (Å²) in [6.45, 7) is 6.20. The first-order valence-corrected chi connectivity index (χ1v) is 10.2. The summed E-state index contributed by atoms with van der Waals surface area (Å²) in [6.07, 6.45) is 1.65. The zero-order valence-electron chi connectivity index (χ0n) is 16.8. The topological polar surface area (TPSA) is 90.0 Å². The molecule has 1 aromatic carbocycles. The number of amides is 4. The first-order chi connectivity index (χ1) is 13.9. The molecule has 0 radical (unpaired) electrons. The normalized spacial score (nSPS) is 23.4. The van der Waals surface area contributed by atoms with Gasteiger partial charge in [0.05, 0.1) is 17.7 Å². The van der Waals surface area contributed by atoms with Gasteiger partial charge in [-0.3, -0.25) is 24.1 Å². The van der Waals surface area contributed by atoms with Crippen molar-refractivity contribution in [1.82, 2.24) is 20.0 Å². The number of benzene rings is 1. The van der Waals surface area contributed by atoms with Gasteiger partial charge in [0, 0.05) is 32.2 Å². The van der Waals surface area contributed by atoms with Crippen LogP contribution in [0.2, 0.25) is 0 Å². The van der Waals surface area contributed by atoms with E-state index < -0.39 is 17.9 Å². The number of carbonyl (C=O) groups is 4. The van der Waals surface area contributed by atoms with Gasteiger partial charge in [-0.2, -0.15) is 0 Å². The van der Waals surface area contributed by atoms with E-state index in [2.05, 4.69) is 5.32 Å². The third-order valence-corrected chi connectivity index (χ3v) is 6.09. The molecule has 2 unspecified atom stereocenters. The summed E-state index contributed by atoms with van der Waals surface area (Å²) in [5, 5.41) is 3.06. The van der Waals surface area contributed by atoms with Gasteiger partial charge in [0.1, 0.15) is 6.04 Å². The fraction of sp³-hybridized carbons (Fsp3) is 0.524. The van der Waals surface area contributed by atoms with Gasteiger partial charge in [-0.15, -0.1) is 0 Å². The third-order valence-electron chi connectivity index (χ3n) is 6.09. The van der Waals surface area contributed by atoms with Crippen molar-refractivity contribution in [3.63, 3.8) is 0 Å². The van der Waals surface area contributed by atoms with Crippen LogP contribution < -0.4 is 5.32 Å². The highest BCUT2D eigenvalue weighted by molar-refractivity contribution is 6.22. The second-order valence-corrected chi connectivity index (χ2v) is 8.05. The molecule has 3 aliphatic rings. The number of piperidine rings is 1. The number of rotatable bonds is 3. The molecule has 0 bridgehead atoms. The number of aryl methyl sites for hydroxylation is 1. The van der Waals surface area contributed by atoms with Crippen LogP contribution in [0.3, 0.4) is 0 Å². The summed E-state index contributed by atoms with van der Waals surface area (Å²) in [6, 6.07) is 4.24. The summed E-state index contributed by atoms with van der Waals surface area (Å²) in [5.74, 6) is -1.03. The van der Waals surface area contributed by atoms with Crippen molar-refractivity contribution in [2.45, 2.75) is 38.8 Å². The van der Waals surface area contributed by atoms with Gasteiger partial charge in [0.15, 0.2) is 0 Å². The van der Waals surface area contributed by atoms with E-state index in [1.54, 1.807) is 30.0 Å². The Balaban J connectivity index is 1.48. The highest BCUT2D eigenvalue weighted by Crippen LogP contribution is 2.27. The molecule has 29 heavy (non-hydrogen) atoms. The molecule has 1 N–H and O–H groups in total. The van der Waals surface area contributed by atoms with E-state index in [9.17, 15) is 19.2 Å². The number of hydrogen-bond donors (Lipinski definition) is 1. The second kappa shape index (κ2) is 7.59. The molecule has 4 rings (SSSR count). The number of imide groups is 1. The Bertz CT molecular complexity index is 883. The maximum absolute atomic E-state index is 13.2. The lowest BCUT2D eigenvalue weighted by Gasteiger charge is -2.42. The Labute approximate surface area is 169 Å². The van der Waals surface area contributed by atoms with Crippen LogP contribution in [0.5, 0.6) is 0 Å². The summed E-state index contributed by atoms with van der Waals surface area (Å²) >= 11 is 0. The predicted molar refractivity (Wildman–Crippen MR) is 105 cm³/mol. The molecule has 0 aromatic heterocycles. The van der Waals surface area contributed by atoms with Crippen LogP contribution in [-0.4, -0.2) is 83.1 Å². The number of likely N-dealkylation sites (tertiary alicyclic amines) is 1. The van der Waals surface area contributed by atoms with Crippen LogP contribution in [0.25, 0.3) is 0 Å². The van der Waals surface area contributed by atoms with Gasteiger partial charge in [-0.25, -0.2) is 0 Å². The zero-order valence-corrected chi connectivity index (χ0v) is 16.8. The third kappa shape index (κ3) is 3.42. The van der Waals surface area contributed by atoms with Gasteiger partial charge in [-0.05, 0) is 38.8 Å². The van der Waals surface area contributed by atoms with Crippen LogP contribution in [0.4, 0.5) is 0 Å². The Hall–Kier alpha value is -2.74. The van der Waals surface area contributed by atoms with Gasteiger partial charge in [0.2, 0.25) is 11.8 Å². The van der Waals surface area contributed by atoms with Crippen LogP contribution in [0.1, 0.15) is 46.0 Å². The summed E-state index contributed by atoms with van der Waals surface area (Å²) in [7, 11) is 0. The molecule has 0 saturated carbocycles. The van der Waals surface area contributed by atoms with Crippen LogP contribution in [0, 0.1) is 6.92 Å². The van der Waals surface area contributed by atoms with Crippen molar-refractivity contribution >= 4 is 23.6 Å². The maximum atomic E-state index is 13.2. The largest absolute Gasteiger partial charge is 0.339 e. The monoisotopic (exact) mass is 398 g/mol. The number of nitrogens with one attached hydrogen (secondary N) is 1. The molecule has 8 nitrogen and oxygen atoms in total. The first-order valence-electron chi connectivity index (χ1n) is 10.2. The van der Waals surface area contributed by atoms with E-state index in [4.69, 9.17) is 0 Å². The molecule has 0 spiro atoms. The lowest BCUT2D eigenvalue weighted by Crippen LogP contribution is -2.59. The molecule has 2 fully saturated rings. The van der Waals surface area contributed by atoms with E-state index in [0.717, 1.165) is 29.8 Å². The highest BCUT2D eigenvalue weighted by atomic mass is 16.2. The quantitative estimate of drug-likeness (QED) is 0.745. The summed E-state index contributed by atoms with van der Waals surface area (Å²) in [4.78, 5) is 55.6. The number of nitrogens with zero attached hydrogens (tertiary/aromatic N) is 3. The van der Waals surface area contributed by atoms with Crippen molar-refractivity contribution in [1.29, 1.82) is 0 Å². The molecule has 3 heterocycles. The maximum Gasteiger partial charge on any atom is 0.262 e. The molecule has 2 atom stereocenters. The predicted octanol–water partition coefficient (Wildman–Crippen LogP) is 0.402. The van der Waals surface area contributed by atoms with Crippen molar-refractivity contribution in [2.75, 3.05) is 32.7 Å². The number of hydrogen-bond acceptors (Lipinski definition) is 5. The molecule has 0 aliphatic carbocycles. The average Bonchev–Trinajstić information content (AvgIpc) is 2.97. The van der Waals surface area contributed by atoms with Gasteiger partial charge in [0.25, 0.3) is 11.8 Å². The minimum atomic E-state index is -0.875. The number of fused-ring (bicyclic) bond motifs is 1. The molecule has 1 aromatic rings. The lowest BCUT2D eigenvalue weighted by atomic mass is 10.0. The molecule has 8 heteroatoms. The minimum Gasteiger partial charge on any atom is -0.339 e. The molecular weight excluding hydrogens is 372 g/mol. The standard InChI is InChI=1S/C21H26N4O4/c1-13-5-6-16-17(10-13)21(29)25(20(16)28)14(2)19(27)23-8-3-4-15(12-23)24-9-7-22-11-18(24)26/h5-6,10,14-15,22H,3-4,7-9,11-12H2,1-2H3. The van der Waals surface area contributed by atoms with E-state index in [0.29, 0.717) is 37.3 Å². The Morgan fingerprint density at radius 2 is 1.90 bits per heavy atom. The Morgan fingerprint density at radius 3 is 2.66 bits per heavy atom. The van der Waals surface area contributed by atoms with Crippen molar-refractivity contribution in [3.8, 4) is 0 Å². The van der Waals surface area contributed by atoms with Crippen LogP contribution in [0.15, 0.2) is 18.2 Å². The lowest BCUT2D eigenvalue weighted by molar-refractivity contribution is -0.142. The number of piperazine rings is 1. The molecule has 154 valence electrons. The second-order valence-electron chi connectivity index (χ2n) is 8.05. The average molecular weight is 398 g/mol. The van der Waals surface area contributed by atoms with Gasteiger partial charge in [-0.1, -0.05) is 11.6 Å². The van der Waals surface area contributed by atoms with Crippen LogP contribution >= 0.6 is 0 Å². The fourth-order valence-electron chi connectivity index (χ4n) is 4.52. The molecule has 4 amide bonds. The fourth-order valence-corrected chi connectivity index (χ4v) is 4.52. The summed E-state index contributed by atoms with van der Waals surface area (Å²) < 4.78 is 0. The van der Waals surface area contributed by atoms with Crippen LogP contribution in [-0.2, 0) is 9.59 Å². The van der Waals surface area contributed by atoms with Crippen molar-refractivity contribution < 1.29 is 19.2 Å². The Kier molecular flexibility index (Phi) is 5.12. The van der Waals surface area contributed by atoms with Gasteiger partial charge < -0.3 is 15.1 Å². The highest BCUT2D eigenvalue weighted by Gasteiger charge is 2.43. The van der Waals surface area contributed by atoms with E-state index in [1.807, 2.05) is 11.8 Å². The van der Waals surface area contributed by atoms with Crippen molar-refractivity contribution in [2.24, 2.45) is 0 Å². The smallest absolute Gasteiger partial charge is 0.262 e. The molecule has 2 saturated heterocycles. The molecular formula is C21H26N4O4. The Morgan fingerprint density at radius 1 is 1.14 bits per heavy atom. The van der Waals surface area contributed by atoms with E-state index in [1.165, 1.54) is 0 Å². The van der Waals surface area contributed by atoms with Crippen molar-refractivity contribution in [3.05, 3.63) is 34.9 Å². The van der Waals surface area contributed by atoms with E-state index >= 15 is 0 Å². The SMILES string of the molecule is Cc1ccc2c(c1)C(=O)N(C(C)C(=O)N1CCCC(N3CCNCC3=O)C1)C2=O. The zero-order chi connectivity index (χ0) is 20.7. The number of carbonyl (C=O) groups excluding carboxylic acids is 4. The van der Waals surface area contributed by atoms with E-state index in [-0.39, 0.29) is 17.9 Å².